The van der Waals surface area contributed by atoms with Crippen molar-refractivity contribution in [1.82, 2.24) is 4.72 Å². The van der Waals surface area contributed by atoms with Gasteiger partial charge in [0.1, 0.15) is 0 Å². The first-order valence-electron chi connectivity index (χ1n) is 6.31. The van der Waals surface area contributed by atoms with Gasteiger partial charge in [-0.25, -0.2) is 13.1 Å². The van der Waals surface area contributed by atoms with Gasteiger partial charge in [0.15, 0.2) is 0 Å². The first kappa shape index (κ1) is 15.2. The lowest BCUT2D eigenvalue weighted by Gasteiger charge is -2.31. The van der Waals surface area contributed by atoms with Crippen LogP contribution in [0.15, 0.2) is 30.3 Å². The van der Waals surface area contributed by atoms with Crippen LogP contribution in [0.25, 0.3) is 0 Å². The van der Waals surface area contributed by atoms with Gasteiger partial charge < -0.3 is 0 Å². The molecule has 0 spiro atoms. The fourth-order valence-electron chi connectivity index (χ4n) is 1.90. The number of benzene rings is 1. The molecule has 0 aliphatic heterocycles. The average molecular weight is 269 g/mol. The molecule has 1 aromatic rings. The molecule has 0 aliphatic carbocycles. The van der Waals surface area contributed by atoms with E-state index < -0.39 is 10.0 Å². The second-order valence-corrected chi connectivity index (χ2v) is 7.52. The predicted molar refractivity (Wildman–Crippen MR) is 75.9 cm³/mol. The van der Waals surface area contributed by atoms with Crippen LogP contribution in [0.3, 0.4) is 0 Å². The second kappa shape index (κ2) is 5.85. The van der Waals surface area contributed by atoms with Crippen molar-refractivity contribution in [3.05, 3.63) is 35.9 Å². The maximum atomic E-state index is 11.9. The van der Waals surface area contributed by atoms with Gasteiger partial charge in [0.05, 0.1) is 11.8 Å². The van der Waals surface area contributed by atoms with E-state index in [-0.39, 0.29) is 17.2 Å². The van der Waals surface area contributed by atoms with Gasteiger partial charge in [-0.2, -0.15) is 0 Å². The van der Waals surface area contributed by atoms with Crippen molar-refractivity contribution in [3.63, 3.8) is 0 Å². The van der Waals surface area contributed by atoms with Crippen LogP contribution in [-0.4, -0.2) is 14.2 Å². The van der Waals surface area contributed by atoms with Gasteiger partial charge in [-0.05, 0) is 17.4 Å². The molecule has 1 unspecified atom stereocenters. The van der Waals surface area contributed by atoms with Crippen molar-refractivity contribution >= 4 is 10.0 Å². The summed E-state index contributed by atoms with van der Waals surface area (Å²) in [7, 11) is -3.21. The summed E-state index contributed by atoms with van der Waals surface area (Å²) in [4.78, 5) is 0. The molecule has 102 valence electrons. The van der Waals surface area contributed by atoms with Gasteiger partial charge in [0.2, 0.25) is 10.0 Å². The molecule has 0 bridgehead atoms. The fourth-order valence-corrected chi connectivity index (χ4v) is 3.40. The lowest BCUT2D eigenvalue weighted by atomic mass is 9.83. The maximum Gasteiger partial charge on any atom is 0.212 e. The molecule has 0 fully saturated rings. The van der Waals surface area contributed by atoms with Gasteiger partial charge >= 0.3 is 0 Å². The molecule has 1 rings (SSSR count). The summed E-state index contributed by atoms with van der Waals surface area (Å²) >= 11 is 0. The zero-order chi connectivity index (χ0) is 13.8. The van der Waals surface area contributed by atoms with Crippen molar-refractivity contribution < 1.29 is 8.42 Å². The van der Waals surface area contributed by atoms with E-state index in [1.165, 1.54) is 0 Å². The molecular formula is C14H23NO2S. The summed E-state index contributed by atoms with van der Waals surface area (Å²) in [5, 5.41) is 0. The summed E-state index contributed by atoms with van der Waals surface area (Å²) in [5.74, 6) is 0.173. The molecule has 0 heterocycles. The van der Waals surface area contributed by atoms with Crippen LogP contribution in [0.4, 0.5) is 0 Å². The van der Waals surface area contributed by atoms with Crippen molar-refractivity contribution in [1.29, 1.82) is 0 Å². The fraction of sp³-hybridized carbons (Fsp3) is 0.571. The summed E-state index contributed by atoms with van der Waals surface area (Å²) in [6, 6.07) is 9.53. The zero-order valence-electron chi connectivity index (χ0n) is 11.6. The smallest absolute Gasteiger partial charge is 0.212 e. The molecule has 1 atom stereocenters. The lowest BCUT2D eigenvalue weighted by molar-refractivity contribution is 0.304. The van der Waals surface area contributed by atoms with Crippen molar-refractivity contribution in [3.8, 4) is 0 Å². The maximum absolute atomic E-state index is 11.9. The third kappa shape index (κ3) is 4.42. The third-order valence-electron chi connectivity index (χ3n) is 2.77. The predicted octanol–water partition coefficient (Wildman–Crippen LogP) is 3.10. The molecule has 0 saturated heterocycles. The minimum atomic E-state index is -3.21. The Morgan fingerprint density at radius 2 is 1.72 bits per heavy atom. The van der Waals surface area contributed by atoms with Crippen LogP contribution in [0, 0.1) is 5.41 Å². The molecule has 0 aliphatic rings. The monoisotopic (exact) mass is 269 g/mol. The Kier molecular flexibility index (Phi) is 4.93. The first-order valence-corrected chi connectivity index (χ1v) is 7.96. The summed E-state index contributed by atoms with van der Waals surface area (Å²) in [5.41, 5.74) is 0.840. The number of rotatable bonds is 5. The van der Waals surface area contributed by atoms with E-state index in [2.05, 4.69) is 4.72 Å². The molecule has 1 aromatic carbocycles. The van der Waals surface area contributed by atoms with Crippen LogP contribution < -0.4 is 4.72 Å². The third-order valence-corrected chi connectivity index (χ3v) is 4.31. The molecular weight excluding hydrogens is 246 g/mol. The summed E-state index contributed by atoms with van der Waals surface area (Å²) in [6.07, 6.45) is 0.626. The number of hydrogen-bond donors (Lipinski definition) is 1. The van der Waals surface area contributed by atoms with Gasteiger partial charge in [-0.1, -0.05) is 58.0 Å². The molecule has 4 heteroatoms. The largest absolute Gasteiger partial charge is 0.212 e. The second-order valence-electron chi connectivity index (χ2n) is 5.65. The van der Waals surface area contributed by atoms with E-state index in [0.29, 0.717) is 6.42 Å². The normalized spacial score (nSPS) is 14.4. The SMILES string of the molecule is CCCS(=O)(=O)NC(c1ccccc1)C(C)(C)C. The quantitative estimate of drug-likeness (QED) is 0.892. The average Bonchev–Trinajstić information content (AvgIpc) is 2.26. The molecule has 0 aromatic heterocycles. The van der Waals surface area contributed by atoms with Crippen LogP contribution in [-0.2, 0) is 10.0 Å². The Morgan fingerprint density at radius 3 is 2.17 bits per heavy atom. The van der Waals surface area contributed by atoms with E-state index in [0.717, 1.165) is 5.56 Å². The first-order chi connectivity index (χ1) is 8.26. The van der Waals surface area contributed by atoms with Crippen LogP contribution in [0.1, 0.15) is 45.7 Å². The molecule has 0 amide bonds. The Hall–Kier alpha value is -0.870. The minimum Gasteiger partial charge on any atom is -0.212 e. The summed E-state index contributed by atoms with van der Waals surface area (Å²) in [6.45, 7) is 7.99. The van der Waals surface area contributed by atoms with E-state index in [1.807, 2.05) is 58.0 Å². The molecule has 3 nitrogen and oxygen atoms in total. The summed E-state index contributed by atoms with van der Waals surface area (Å²) < 4.78 is 26.7. The highest BCUT2D eigenvalue weighted by molar-refractivity contribution is 7.89. The topological polar surface area (TPSA) is 46.2 Å². The minimum absolute atomic E-state index is 0.165. The zero-order valence-corrected chi connectivity index (χ0v) is 12.4. The van der Waals surface area contributed by atoms with Crippen LogP contribution >= 0.6 is 0 Å². The van der Waals surface area contributed by atoms with E-state index >= 15 is 0 Å². The Labute approximate surface area is 111 Å². The van der Waals surface area contributed by atoms with Gasteiger partial charge in [-0.3, -0.25) is 0 Å². The van der Waals surface area contributed by atoms with Crippen molar-refractivity contribution in [2.45, 2.75) is 40.2 Å². The van der Waals surface area contributed by atoms with Crippen molar-refractivity contribution in [2.75, 3.05) is 5.75 Å². The Balaban J connectivity index is 3.02. The van der Waals surface area contributed by atoms with E-state index in [1.54, 1.807) is 0 Å². The van der Waals surface area contributed by atoms with E-state index in [9.17, 15) is 8.42 Å². The van der Waals surface area contributed by atoms with Crippen molar-refractivity contribution in [2.24, 2.45) is 5.41 Å². The standard InChI is InChI=1S/C14H23NO2S/c1-5-11-18(16,17)15-13(14(2,3)4)12-9-7-6-8-10-12/h6-10,13,15H,5,11H2,1-4H3. The highest BCUT2D eigenvalue weighted by Gasteiger charge is 2.29. The van der Waals surface area contributed by atoms with Gasteiger partial charge in [0, 0.05) is 0 Å². The molecule has 18 heavy (non-hydrogen) atoms. The molecule has 0 radical (unpaired) electrons. The van der Waals surface area contributed by atoms with Crippen LogP contribution in [0.5, 0.6) is 0 Å². The molecule has 1 N–H and O–H groups in total. The van der Waals surface area contributed by atoms with Gasteiger partial charge in [-0.15, -0.1) is 0 Å². The number of nitrogens with one attached hydrogen (secondary N) is 1. The highest BCUT2D eigenvalue weighted by Crippen LogP contribution is 2.33. The highest BCUT2D eigenvalue weighted by atomic mass is 32.2. The number of hydrogen-bond acceptors (Lipinski definition) is 2. The molecule has 0 saturated carbocycles. The van der Waals surface area contributed by atoms with Crippen LogP contribution in [0.2, 0.25) is 0 Å². The van der Waals surface area contributed by atoms with E-state index in [4.69, 9.17) is 0 Å². The Morgan fingerprint density at radius 1 is 1.17 bits per heavy atom. The Bertz CT molecular complexity index is 460. The lowest BCUT2D eigenvalue weighted by Crippen LogP contribution is -2.37. The number of sulfonamides is 1. The van der Waals surface area contributed by atoms with Gasteiger partial charge in [0.25, 0.3) is 0 Å².